The molecular formula is C13H15ClN4O2S. The molecule has 2 aromatic rings. The van der Waals surface area contributed by atoms with Gasteiger partial charge in [-0.1, -0.05) is 24.9 Å². The van der Waals surface area contributed by atoms with E-state index in [2.05, 4.69) is 14.1 Å². The molecular weight excluding hydrogens is 312 g/mol. The summed E-state index contributed by atoms with van der Waals surface area (Å²) in [5.74, 6) is 0.126. The van der Waals surface area contributed by atoms with Crippen molar-refractivity contribution in [3.8, 4) is 17.1 Å². The maximum atomic E-state index is 11.7. The summed E-state index contributed by atoms with van der Waals surface area (Å²) in [6, 6.07) is 5.02. The van der Waals surface area contributed by atoms with Gasteiger partial charge in [0.25, 0.3) is 5.88 Å². The highest BCUT2D eigenvalue weighted by Crippen LogP contribution is 2.34. The number of anilines is 1. The number of unbranched alkanes of at least 4 members (excludes halogenated alkanes) is 1. The Morgan fingerprint density at radius 1 is 1.48 bits per heavy atom. The molecule has 3 N–H and O–H groups in total. The predicted molar refractivity (Wildman–Crippen MR) is 83.7 cm³/mol. The van der Waals surface area contributed by atoms with E-state index in [1.54, 1.807) is 18.2 Å². The zero-order valence-electron chi connectivity index (χ0n) is 11.4. The van der Waals surface area contributed by atoms with Crippen LogP contribution in [0.5, 0.6) is 5.88 Å². The number of ether oxygens (including phenoxy) is 1. The summed E-state index contributed by atoms with van der Waals surface area (Å²) in [6.07, 6.45) is 1.32. The SMILES string of the molecule is CCCCNC(=O)Oc1nsnc1-c1cc(N)ccc1Cl. The Kier molecular flexibility index (Phi) is 5.35. The van der Waals surface area contributed by atoms with Crippen molar-refractivity contribution >= 4 is 35.1 Å². The van der Waals surface area contributed by atoms with E-state index >= 15 is 0 Å². The van der Waals surface area contributed by atoms with Crippen LogP contribution in [0.15, 0.2) is 18.2 Å². The van der Waals surface area contributed by atoms with E-state index in [0.29, 0.717) is 28.5 Å². The number of rotatable bonds is 5. The monoisotopic (exact) mass is 326 g/mol. The Bertz CT molecular complexity index is 632. The standard InChI is InChI=1S/C13H15ClN4O2S/c1-2-3-6-16-13(19)20-12-11(17-21-18-12)9-7-8(15)4-5-10(9)14/h4-5,7H,2-3,6,15H2,1H3,(H,16,19). The van der Waals surface area contributed by atoms with Crippen LogP contribution in [0.25, 0.3) is 11.3 Å². The van der Waals surface area contributed by atoms with E-state index in [1.807, 2.05) is 6.92 Å². The number of benzene rings is 1. The van der Waals surface area contributed by atoms with E-state index in [1.165, 1.54) is 0 Å². The molecule has 0 aliphatic heterocycles. The van der Waals surface area contributed by atoms with Gasteiger partial charge >= 0.3 is 6.09 Å². The number of nitrogens with two attached hydrogens (primary N) is 1. The third kappa shape index (κ3) is 4.05. The average molecular weight is 327 g/mol. The zero-order chi connectivity index (χ0) is 15.2. The molecule has 0 aliphatic rings. The summed E-state index contributed by atoms with van der Waals surface area (Å²) in [7, 11) is 0. The lowest BCUT2D eigenvalue weighted by molar-refractivity contribution is 0.199. The highest BCUT2D eigenvalue weighted by Gasteiger charge is 2.18. The first-order chi connectivity index (χ1) is 10.1. The van der Waals surface area contributed by atoms with Crippen molar-refractivity contribution in [3.05, 3.63) is 23.2 Å². The number of carbonyl (C=O) groups is 1. The van der Waals surface area contributed by atoms with Gasteiger partial charge in [-0.05, 0) is 24.6 Å². The van der Waals surface area contributed by atoms with Gasteiger partial charge < -0.3 is 15.8 Å². The van der Waals surface area contributed by atoms with Crippen LogP contribution in [-0.2, 0) is 0 Å². The molecule has 8 heteroatoms. The van der Waals surface area contributed by atoms with Crippen molar-refractivity contribution in [1.82, 2.24) is 14.1 Å². The summed E-state index contributed by atoms with van der Waals surface area (Å²) in [6.45, 7) is 2.60. The first-order valence-electron chi connectivity index (χ1n) is 6.45. The second kappa shape index (κ2) is 7.24. The Hall–Kier alpha value is -1.86. The second-order valence-electron chi connectivity index (χ2n) is 4.33. The lowest BCUT2D eigenvalue weighted by Crippen LogP contribution is -2.27. The molecule has 21 heavy (non-hydrogen) atoms. The van der Waals surface area contributed by atoms with Crippen molar-refractivity contribution in [2.75, 3.05) is 12.3 Å². The van der Waals surface area contributed by atoms with Crippen molar-refractivity contribution < 1.29 is 9.53 Å². The highest BCUT2D eigenvalue weighted by atomic mass is 35.5. The largest absolute Gasteiger partial charge is 0.414 e. The van der Waals surface area contributed by atoms with Crippen LogP contribution < -0.4 is 15.8 Å². The molecule has 0 radical (unpaired) electrons. The van der Waals surface area contributed by atoms with Crippen LogP contribution in [0.1, 0.15) is 19.8 Å². The normalized spacial score (nSPS) is 10.4. The summed E-state index contributed by atoms with van der Waals surface area (Å²) < 4.78 is 13.3. The summed E-state index contributed by atoms with van der Waals surface area (Å²) in [5, 5.41) is 3.11. The molecule has 6 nitrogen and oxygen atoms in total. The molecule has 0 unspecified atom stereocenters. The lowest BCUT2D eigenvalue weighted by Gasteiger charge is -2.06. The van der Waals surface area contributed by atoms with Crippen LogP contribution in [-0.4, -0.2) is 21.4 Å². The van der Waals surface area contributed by atoms with E-state index in [0.717, 1.165) is 24.6 Å². The number of aromatic nitrogens is 2. The lowest BCUT2D eigenvalue weighted by atomic mass is 10.1. The Balaban J connectivity index is 2.15. The second-order valence-corrected chi connectivity index (χ2v) is 5.26. The fourth-order valence-corrected chi connectivity index (χ4v) is 2.33. The van der Waals surface area contributed by atoms with Gasteiger partial charge in [-0.15, -0.1) is 4.37 Å². The van der Waals surface area contributed by atoms with Crippen LogP contribution in [0.4, 0.5) is 10.5 Å². The first-order valence-corrected chi connectivity index (χ1v) is 7.56. The Labute approximate surface area is 131 Å². The van der Waals surface area contributed by atoms with Crippen LogP contribution in [0.2, 0.25) is 5.02 Å². The summed E-state index contributed by atoms with van der Waals surface area (Å²) in [5.41, 5.74) is 7.28. The van der Waals surface area contributed by atoms with Crippen molar-refractivity contribution in [3.63, 3.8) is 0 Å². The number of nitrogen functional groups attached to an aromatic ring is 1. The highest BCUT2D eigenvalue weighted by molar-refractivity contribution is 6.99. The van der Waals surface area contributed by atoms with Crippen LogP contribution in [0.3, 0.4) is 0 Å². The van der Waals surface area contributed by atoms with Gasteiger partial charge in [0.1, 0.15) is 5.69 Å². The van der Waals surface area contributed by atoms with E-state index in [-0.39, 0.29) is 5.88 Å². The first kappa shape index (κ1) is 15.5. The van der Waals surface area contributed by atoms with E-state index in [4.69, 9.17) is 22.1 Å². The van der Waals surface area contributed by atoms with Gasteiger partial charge in [0.05, 0.1) is 16.8 Å². The number of hydrogen-bond acceptors (Lipinski definition) is 6. The number of hydrogen-bond donors (Lipinski definition) is 2. The molecule has 1 aromatic heterocycles. The topological polar surface area (TPSA) is 90.1 Å². The van der Waals surface area contributed by atoms with Crippen LogP contribution in [0, 0.1) is 0 Å². The zero-order valence-corrected chi connectivity index (χ0v) is 13.0. The molecule has 1 heterocycles. The predicted octanol–water partition coefficient (Wildman–Crippen LogP) is 3.33. The molecule has 0 atom stereocenters. The van der Waals surface area contributed by atoms with Gasteiger partial charge in [0.2, 0.25) is 0 Å². The number of nitrogens with zero attached hydrogens (tertiary/aromatic N) is 2. The molecule has 0 saturated carbocycles. The molecule has 0 spiro atoms. The Morgan fingerprint density at radius 3 is 3.05 bits per heavy atom. The number of halogens is 1. The molecule has 112 valence electrons. The van der Waals surface area contributed by atoms with Crippen LogP contribution >= 0.6 is 23.3 Å². The maximum absolute atomic E-state index is 11.7. The minimum absolute atomic E-state index is 0.126. The van der Waals surface area contributed by atoms with Crippen molar-refractivity contribution in [2.45, 2.75) is 19.8 Å². The number of amides is 1. The van der Waals surface area contributed by atoms with Gasteiger partial charge in [-0.3, -0.25) is 0 Å². The molecule has 0 saturated heterocycles. The van der Waals surface area contributed by atoms with Crippen molar-refractivity contribution in [2.24, 2.45) is 0 Å². The quantitative estimate of drug-likeness (QED) is 0.649. The fourth-order valence-electron chi connectivity index (χ4n) is 1.63. The smallest absolute Gasteiger partial charge is 0.399 e. The van der Waals surface area contributed by atoms with E-state index in [9.17, 15) is 4.79 Å². The molecule has 0 bridgehead atoms. The third-order valence-electron chi connectivity index (χ3n) is 2.69. The third-order valence-corrected chi connectivity index (χ3v) is 3.53. The summed E-state index contributed by atoms with van der Waals surface area (Å²) in [4.78, 5) is 11.7. The van der Waals surface area contributed by atoms with E-state index < -0.39 is 6.09 Å². The molecule has 2 rings (SSSR count). The fraction of sp³-hybridized carbons (Fsp3) is 0.308. The summed E-state index contributed by atoms with van der Waals surface area (Å²) >= 11 is 7.07. The average Bonchev–Trinajstić information content (AvgIpc) is 2.89. The minimum Gasteiger partial charge on any atom is -0.399 e. The Morgan fingerprint density at radius 2 is 2.29 bits per heavy atom. The number of nitrogens with one attached hydrogen (secondary N) is 1. The van der Waals surface area contributed by atoms with Gasteiger partial charge in [0, 0.05) is 17.8 Å². The molecule has 0 fully saturated rings. The van der Waals surface area contributed by atoms with Gasteiger partial charge in [0.15, 0.2) is 0 Å². The molecule has 0 aliphatic carbocycles. The van der Waals surface area contributed by atoms with Gasteiger partial charge in [-0.25, -0.2) is 4.79 Å². The molecule has 1 amide bonds. The number of carbonyl (C=O) groups excluding carboxylic acids is 1. The van der Waals surface area contributed by atoms with Crippen molar-refractivity contribution in [1.29, 1.82) is 0 Å². The van der Waals surface area contributed by atoms with Gasteiger partial charge in [-0.2, -0.15) is 4.37 Å². The molecule has 1 aromatic carbocycles. The maximum Gasteiger partial charge on any atom is 0.414 e. The minimum atomic E-state index is -0.558.